The van der Waals surface area contributed by atoms with E-state index in [2.05, 4.69) is 11.6 Å². The molecule has 0 bridgehead atoms. The minimum absolute atomic E-state index is 0.0968. The molecule has 3 nitrogen and oxygen atoms in total. The van der Waals surface area contributed by atoms with Gasteiger partial charge in [-0.1, -0.05) is 18.2 Å². The third-order valence-electron chi connectivity index (χ3n) is 2.99. The van der Waals surface area contributed by atoms with Crippen molar-refractivity contribution in [1.29, 1.82) is 0 Å². The number of fused-ring (bicyclic) bond motifs is 1. The van der Waals surface area contributed by atoms with Gasteiger partial charge in [0.05, 0.1) is 5.52 Å². The molecule has 0 spiro atoms. The molecule has 1 aromatic heterocycles. The molecule has 0 aliphatic rings. The molecule has 2 rings (SSSR count). The van der Waals surface area contributed by atoms with Crippen LogP contribution >= 0.6 is 11.6 Å². The zero-order chi connectivity index (χ0) is 14.0. The molecule has 2 aromatic rings. The van der Waals surface area contributed by atoms with E-state index in [0.717, 1.165) is 17.0 Å². The van der Waals surface area contributed by atoms with Crippen molar-refractivity contribution in [3.8, 4) is 0 Å². The number of nitrogens with zero attached hydrogens (tertiary/aromatic N) is 1. The first kappa shape index (κ1) is 13.6. The highest BCUT2D eigenvalue weighted by Crippen LogP contribution is 2.24. The van der Waals surface area contributed by atoms with Crippen molar-refractivity contribution in [1.82, 2.24) is 4.98 Å². The highest BCUT2D eigenvalue weighted by molar-refractivity contribution is 6.30. The van der Waals surface area contributed by atoms with Gasteiger partial charge in [0, 0.05) is 17.0 Å². The Morgan fingerprint density at radius 3 is 2.74 bits per heavy atom. The maximum atomic E-state index is 11.1. The number of aryl methyl sites for hydroxylation is 2. The highest BCUT2D eigenvalue weighted by atomic mass is 35.5. The molecule has 0 saturated heterocycles. The molecule has 0 radical (unpaired) electrons. The van der Waals surface area contributed by atoms with Crippen LogP contribution in [-0.4, -0.2) is 11.0 Å². The maximum absolute atomic E-state index is 11.1. The lowest BCUT2D eigenvalue weighted by molar-refractivity contribution is -0.138. The molecule has 0 amide bonds. The smallest absolute Gasteiger partial charge is 0.330 e. The average molecular weight is 276 g/mol. The van der Waals surface area contributed by atoms with E-state index in [4.69, 9.17) is 16.3 Å². The normalized spacial score (nSPS) is 10.5. The molecule has 1 aromatic carbocycles. The number of benzene rings is 1. The Morgan fingerprint density at radius 1 is 1.37 bits per heavy atom. The van der Waals surface area contributed by atoms with Gasteiger partial charge < -0.3 is 4.74 Å². The number of hydrogen-bond donors (Lipinski definition) is 0. The number of rotatable bonds is 3. The SMILES string of the molecule is C=CC(=O)OCc1cc2cc(C)c(C)cc2nc1Cl. The summed E-state index contributed by atoms with van der Waals surface area (Å²) in [6.45, 7) is 7.51. The van der Waals surface area contributed by atoms with Gasteiger partial charge in [-0.3, -0.25) is 0 Å². The molecule has 0 atom stereocenters. The van der Waals surface area contributed by atoms with Crippen LogP contribution in [0.2, 0.25) is 5.15 Å². The quantitative estimate of drug-likeness (QED) is 0.487. The van der Waals surface area contributed by atoms with E-state index in [1.165, 1.54) is 11.1 Å². The molecule has 98 valence electrons. The predicted molar refractivity (Wildman–Crippen MR) is 76.2 cm³/mol. The second kappa shape index (κ2) is 5.41. The summed E-state index contributed by atoms with van der Waals surface area (Å²) in [6.07, 6.45) is 1.12. The first-order chi connectivity index (χ1) is 9.01. The van der Waals surface area contributed by atoms with Crippen molar-refractivity contribution in [2.45, 2.75) is 20.5 Å². The number of pyridine rings is 1. The number of ether oxygens (including phenoxy) is 1. The van der Waals surface area contributed by atoms with E-state index < -0.39 is 5.97 Å². The predicted octanol–water partition coefficient (Wildman–Crippen LogP) is 3.73. The minimum Gasteiger partial charge on any atom is -0.458 e. The Balaban J connectivity index is 2.40. The van der Waals surface area contributed by atoms with E-state index in [9.17, 15) is 4.79 Å². The summed E-state index contributed by atoms with van der Waals surface area (Å²) in [5.74, 6) is -0.476. The second-order valence-electron chi connectivity index (χ2n) is 4.38. The van der Waals surface area contributed by atoms with Gasteiger partial charge in [-0.25, -0.2) is 9.78 Å². The lowest BCUT2D eigenvalue weighted by atomic mass is 10.1. The van der Waals surface area contributed by atoms with Crippen LogP contribution in [0.4, 0.5) is 0 Å². The number of halogens is 1. The van der Waals surface area contributed by atoms with E-state index in [1.54, 1.807) is 0 Å². The van der Waals surface area contributed by atoms with Crippen molar-refractivity contribution in [2.24, 2.45) is 0 Å². The summed E-state index contributed by atoms with van der Waals surface area (Å²) >= 11 is 6.09. The van der Waals surface area contributed by atoms with Crippen LogP contribution in [0, 0.1) is 13.8 Å². The van der Waals surface area contributed by atoms with Crippen molar-refractivity contribution in [3.05, 3.63) is 52.7 Å². The fourth-order valence-electron chi connectivity index (χ4n) is 1.77. The van der Waals surface area contributed by atoms with Crippen LogP contribution in [0.25, 0.3) is 10.9 Å². The Hall–Kier alpha value is -1.87. The average Bonchev–Trinajstić information content (AvgIpc) is 2.38. The van der Waals surface area contributed by atoms with Crippen LogP contribution in [0.15, 0.2) is 30.9 Å². The molecule has 1 heterocycles. The first-order valence-electron chi connectivity index (χ1n) is 5.87. The molecule has 0 saturated carbocycles. The van der Waals surface area contributed by atoms with Crippen LogP contribution < -0.4 is 0 Å². The topological polar surface area (TPSA) is 39.2 Å². The second-order valence-corrected chi connectivity index (χ2v) is 4.74. The summed E-state index contributed by atoms with van der Waals surface area (Å²) in [5.41, 5.74) is 3.88. The Kier molecular flexibility index (Phi) is 3.86. The van der Waals surface area contributed by atoms with Crippen molar-refractivity contribution in [3.63, 3.8) is 0 Å². The molecule has 4 heteroatoms. The Labute approximate surface area is 116 Å². The van der Waals surface area contributed by atoms with Crippen molar-refractivity contribution < 1.29 is 9.53 Å². The zero-order valence-corrected chi connectivity index (χ0v) is 11.6. The Bertz CT molecular complexity index is 665. The molecule has 0 aliphatic carbocycles. The summed E-state index contributed by atoms with van der Waals surface area (Å²) < 4.78 is 4.98. The first-order valence-corrected chi connectivity index (χ1v) is 6.24. The number of hydrogen-bond acceptors (Lipinski definition) is 3. The number of carbonyl (C=O) groups is 1. The van der Waals surface area contributed by atoms with Gasteiger partial charge in [0.1, 0.15) is 11.8 Å². The summed E-state index contributed by atoms with van der Waals surface area (Å²) in [5, 5.41) is 1.34. The fourth-order valence-corrected chi connectivity index (χ4v) is 1.97. The highest BCUT2D eigenvalue weighted by Gasteiger charge is 2.08. The molecule has 0 N–H and O–H groups in total. The summed E-state index contributed by atoms with van der Waals surface area (Å²) in [6, 6.07) is 5.94. The lowest BCUT2D eigenvalue weighted by Crippen LogP contribution is -2.01. The summed E-state index contributed by atoms with van der Waals surface area (Å²) in [7, 11) is 0. The van der Waals surface area contributed by atoms with Crippen molar-refractivity contribution >= 4 is 28.5 Å². The monoisotopic (exact) mass is 275 g/mol. The van der Waals surface area contributed by atoms with Crippen LogP contribution in [0.5, 0.6) is 0 Å². The largest absolute Gasteiger partial charge is 0.458 e. The zero-order valence-electron chi connectivity index (χ0n) is 10.9. The maximum Gasteiger partial charge on any atom is 0.330 e. The Morgan fingerprint density at radius 2 is 2.05 bits per heavy atom. The molecule has 0 fully saturated rings. The molecular formula is C15H14ClNO2. The number of esters is 1. The fraction of sp³-hybridized carbons (Fsp3) is 0.200. The molecule has 0 aliphatic heterocycles. The summed E-state index contributed by atoms with van der Waals surface area (Å²) in [4.78, 5) is 15.4. The standard InChI is InChI=1S/C15H14ClNO2/c1-4-14(18)19-8-12-7-11-5-9(2)10(3)6-13(11)17-15(12)16/h4-7H,1,8H2,2-3H3. The van der Waals surface area contributed by atoms with Crippen LogP contribution in [-0.2, 0) is 16.1 Å². The van der Waals surface area contributed by atoms with E-state index >= 15 is 0 Å². The van der Waals surface area contributed by atoms with Gasteiger partial charge in [0.25, 0.3) is 0 Å². The van der Waals surface area contributed by atoms with Gasteiger partial charge in [0.2, 0.25) is 0 Å². The minimum atomic E-state index is -0.476. The van der Waals surface area contributed by atoms with Crippen LogP contribution in [0.1, 0.15) is 16.7 Å². The third kappa shape index (κ3) is 2.93. The molecule has 0 unspecified atom stereocenters. The third-order valence-corrected chi connectivity index (χ3v) is 3.32. The number of carbonyl (C=O) groups excluding carboxylic acids is 1. The van der Waals surface area contributed by atoms with Gasteiger partial charge in [-0.15, -0.1) is 0 Å². The van der Waals surface area contributed by atoms with E-state index in [0.29, 0.717) is 10.7 Å². The van der Waals surface area contributed by atoms with Gasteiger partial charge >= 0.3 is 5.97 Å². The van der Waals surface area contributed by atoms with Gasteiger partial charge in [0.15, 0.2) is 0 Å². The van der Waals surface area contributed by atoms with Crippen LogP contribution in [0.3, 0.4) is 0 Å². The number of aromatic nitrogens is 1. The van der Waals surface area contributed by atoms with E-state index in [-0.39, 0.29) is 6.61 Å². The van der Waals surface area contributed by atoms with Gasteiger partial charge in [-0.05, 0) is 43.2 Å². The lowest BCUT2D eigenvalue weighted by Gasteiger charge is -2.08. The van der Waals surface area contributed by atoms with Crippen molar-refractivity contribution in [2.75, 3.05) is 0 Å². The van der Waals surface area contributed by atoms with Gasteiger partial charge in [-0.2, -0.15) is 0 Å². The van der Waals surface area contributed by atoms with E-state index in [1.807, 2.05) is 32.0 Å². The molecular weight excluding hydrogens is 262 g/mol. The molecule has 19 heavy (non-hydrogen) atoms.